The minimum Gasteiger partial charge on any atom is -0.381 e. The van der Waals surface area contributed by atoms with Crippen LogP contribution in [0.15, 0.2) is 6.20 Å². The largest absolute Gasteiger partial charge is 0.381 e. The Labute approximate surface area is 108 Å². The third-order valence-electron chi connectivity index (χ3n) is 3.94. The molecule has 1 fully saturated rings. The number of hydrogen-bond donors (Lipinski definition) is 2. The molecule has 0 saturated heterocycles. The molecular weight excluding hydrogens is 230 g/mol. The lowest BCUT2D eigenvalue weighted by Crippen LogP contribution is -2.60. The summed E-state index contributed by atoms with van der Waals surface area (Å²) >= 11 is 0. The Kier molecular flexibility index (Phi) is 3.99. The van der Waals surface area contributed by atoms with Crippen molar-refractivity contribution in [1.29, 1.82) is 0 Å². The molecule has 0 aromatic carbocycles. The summed E-state index contributed by atoms with van der Waals surface area (Å²) in [7, 11) is 1.78. The molecule has 1 aromatic rings. The van der Waals surface area contributed by atoms with Gasteiger partial charge in [-0.2, -0.15) is 0 Å². The number of hydrogen-bond acceptors (Lipinski definition) is 5. The zero-order chi connectivity index (χ0) is 13.2. The van der Waals surface area contributed by atoms with Crippen LogP contribution in [0.5, 0.6) is 0 Å². The maximum Gasteiger partial charge on any atom is 0.0964 e. The van der Waals surface area contributed by atoms with Crippen LogP contribution in [0.25, 0.3) is 0 Å². The molecule has 2 atom stereocenters. The summed E-state index contributed by atoms with van der Waals surface area (Å²) in [5.41, 5.74) is 6.61. The van der Waals surface area contributed by atoms with Crippen molar-refractivity contribution in [3.05, 3.63) is 11.9 Å². The average molecular weight is 253 g/mol. The lowest BCUT2D eigenvalue weighted by Gasteiger charge is -2.51. The second-order valence-electron chi connectivity index (χ2n) is 5.48. The fourth-order valence-corrected chi connectivity index (χ4v) is 2.52. The summed E-state index contributed by atoms with van der Waals surface area (Å²) in [5.74, 6) is 0. The lowest BCUT2D eigenvalue weighted by molar-refractivity contribution is -0.0979. The van der Waals surface area contributed by atoms with E-state index in [0.29, 0.717) is 25.2 Å². The van der Waals surface area contributed by atoms with Gasteiger partial charge >= 0.3 is 0 Å². The smallest absolute Gasteiger partial charge is 0.0964 e. The SMILES string of the molecule is COC1CC(NCc2cn(CCN)nn2)C1(C)C. The molecule has 1 aliphatic rings. The van der Waals surface area contributed by atoms with E-state index in [1.165, 1.54) is 0 Å². The van der Waals surface area contributed by atoms with Gasteiger partial charge in [-0.25, -0.2) is 0 Å². The van der Waals surface area contributed by atoms with Crippen molar-refractivity contribution in [3.8, 4) is 0 Å². The molecule has 1 heterocycles. The van der Waals surface area contributed by atoms with Crippen molar-refractivity contribution >= 4 is 0 Å². The van der Waals surface area contributed by atoms with Gasteiger partial charge in [0, 0.05) is 37.9 Å². The first-order valence-electron chi connectivity index (χ1n) is 6.43. The number of aromatic nitrogens is 3. The van der Waals surface area contributed by atoms with E-state index < -0.39 is 0 Å². The van der Waals surface area contributed by atoms with Crippen LogP contribution in [-0.4, -0.2) is 40.8 Å². The summed E-state index contributed by atoms with van der Waals surface area (Å²) in [6.45, 7) is 6.51. The van der Waals surface area contributed by atoms with Crippen LogP contribution in [0, 0.1) is 5.41 Å². The van der Waals surface area contributed by atoms with E-state index in [9.17, 15) is 0 Å². The topological polar surface area (TPSA) is 78.0 Å². The third-order valence-corrected chi connectivity index (χ3v) is 3.94. The van der Waals surface area contributed by atoms with E-state index in [2.05, 4.69) is 29.5 Å². The van der Waals surface area contributed by atoms with Crippen molar-refractivity contribution in [2.45, 2.75) is 45.5 Å². The van der Waals surface area contributed by atoms with Crippen molar-refractivity contribution in [2.75, 3.05) is 13.7 Å². The van der Waals surface area contributed by atoms with Gasteiger partial charge in [0.1, 0.15) is 0 Å². The highest BCUT2D eigenvalue weighted by atomic mass is 16.5. The number of methoxy groups -OCH3 is 1. The van der Waals surface area contributed by atoms with Crippen molar-refractivity contribution in [1.82, 2.24) is 20.3 Å². The van der Waals surface area contributed by atoms with Gasteiger partial charge in [0.15, 0.2) is 0 Å². The first kappa shape index (κ1) is 13.5. The molecule has 1 aromatic heterocycles. The van der Waals surface area contributed by atoms with Gasteiger partial charge in [-0.15, -0.1) is 5.10 Å². The van der Waals surface area contributed by atoms with Crippen molar-refractivity contribution in [2.24, 2.45) is 11.1 Å². The molecule has 0 spiro atoms. The van der Waals surface area contributed by atoms with Gasteiger partial charge < -0.3 is 15.8 Å². The Bertz CT molecular complexity index is 390. The van der Waals surface area contributed by atoms with Gasteiger partial charge in [-0.1, -0.05) is 19.1 Å². The normalized spacial score (nSPS) is 26.0. The highest BCUT2D eigenvalue weighted by Gasteiger charge is 2.48. The van der Waals surface area contributed by atoms with Crippen LogP contribution < -0.4 is 11.1 Å². The molecule has 1 aliphatic carbocycles. The first-order chi connectivity index (χ1) is 8.57. The van der Waals surface area contributed by atoms with E-state index in [0.717, 1.165) is 18.7 Å². The van der Waals surface area contributed by atoms with Crippen LogP contribution in [0.4, 0.5) is 0 Å². The number of nitrogens with zero attached hydrogens (tertiary/aromatic N) is 3. The monoisotopic (exact) mass is 253 g/mol. The minimum absolute atomic E-state index is 0.183. The lowest BCUT2D eigenvalue weighted by atomic mass is 9.64. The minimum atomic E-state index is 0.183. The molecular formula is C12H23N5O. The van der Waals surface area contributed by atoms with Crippen LogP contribution in [-0.2, 0) is 17.8 Å². The van der Waals surface area contributed by atoms with Crippen LogP contribution in [0.1, 0.15) is 26.0 Å². The number of nitrogens with two attached hydrogens (primary N) is 1. The predicted octanol–water partition coefficient (Wildman–Crippen LogP) is 0.140. The summed E-state index contributed by atoms with van der Waals surface area (Å²) in [6, 6.07) is 0.474. The fourth-order valence-electron chi connectivity index (χ4n) is 2.52. The van der Waals surface area contributed by atoms with Crippen LogP contribution >= 0.6 is 0 Å². The second-order valence-corrected chi connectivity index (χ2v) is 5.48. The molecule has 102 valence electrons. The zero-order valence-electron chi connectivity index (χ0n) is 11.4. The summed E-state index contributed by atoms with van der Waals surface area (Å²) < 4.78 is 7.21. The predicted molar refractivity (Wildman–Crippen MR) is 68.9 cm³/mol. The first-order valence-corrected chi connectivity index (χ1v) is 6.43. The number of nitrogens with one attached hydrogen (secondary N) is 1. The Morgan fingerprint density at radius 3 is 3.00 bits per heavy atom. The van der Waals surface area contributed by atoms with Gasteiger partial charge in [-0.3, -0.25) is 4.68 Å². The molecule has 3 N–H and O–H groups in total. The van der Waals surface area contributed by atoms with Crippen LogP contribution in [0.3, 0.4) is 0 Å². The Hall–Kier alpha value is -0.980. The third kappa shape index (κ3) is 2.55. The molecule has 2 unspecified atom stereocenters. The summed E-state index contributed by atoms with van der Waals surface area (Å²) in [6.07, 6.45) is 3.35. The molecule has 1 saturated carbocycles. The molecule has 0 bridgehead atoms. The molecule has 6 heteroatoms. The maximum absolute atomic E-state index is 5.47. The van der Waals surface area contributed by atoms with E-state index >= 15 is 0 Å². The van der Waals surface area contributed by atoms with Crippen LogP contribution in [0.2, 0.25) is 0 Å². The molecule has 0 aliphatic heterocycles. The van der Waals surface area contributed by atoms with Gasteiger partial charge in [0.2, 0.25) is 0 Å². The van der Waals surface area contributed by atoms with E-state index in [4.69, 9.17) is 10.5 Å². The quantitative estimate of drug-likeness (QED) is 0.754. The van der Waals surface area contributed by atoms with Crippen molar-refractivity contribution in [3.63, 3.8) is 0 Å². The van der Waals surface area contributed by atoms with E-state index in [-0.39, 0.29) is 5.41 Å². The highest BCUT2D eigenvalue weighted by Crippen LogP contribution is 2.42. The zero-order valence-corrected chi connectivity index (χ0v) is 11.4. The van der Waals surface area contributed by atoms with Gasteiger partial charge in [0.25, 0.3) is 0 Å². The highest BCUT2D eigenvalue weighted by molar-refractivity contribution is 5.04. The average Bonchev–Trinajstić information content (AvgIpc) is 2.76. The standard InChI is InChI=1S/C12H23N5O/c1-12(2)10(6-11(12)18-3)14-7-9-8-17(5-4-13)16-15-9/h8,10-11,14H,4-7,13H2,1-3H3. The summed E-state index contributed by atoms with van der Waals surface area (Å²) in [5, 5.41) is 11.7. The Morgan fingerprint density at radius 1 is 1.61 bits per heavy atom. The number of rotatable bonds is 6. The van der Waals surface area contributed by atoms with Crippen molar-refractivity contribution < 1.29 is 4.74 Å². The van der Waals surface area contributed by atoms with Gasteiger partial charge in [0.05, 0.1) is 18.3 Å². The Balaban J connectivity index is 1.81. The summed E-state index contributed by atoms with van der Waals surface area (Å²) in [4.78, 5) is 0. The molecule has 2 rings (SSSR count). The van der Waals surface area contributed by atoms with E-state index in [1.807, 2.05) is 6.20 Å². The molecule has 0 amide bonds. The second kappa shape index (κ2) is 5.34. The van der Waals surface area contributed by atoms with Gasteiger partial charge in [-0.05, 0) is 6.42 Å². The maximum atomic E-state index is 5.47. The molecule has 6 nitrogen and oxygen atoms in total. The van der Waals surface area contributed by atoms with E-state index in [1.54, 1.807) is 11.8 Å². The molecule has 0 radical (unpaired) electrons. The number of ether oxygens (including phenoxy) is 1. The fraction of sp³-hybridized carbons (Fsp3) is 0.833. The Morgan fingerprint density at radius 2 is 2.39 bits per heavy atom. The molecule has 18 heavy (non-hydrogen) atoms.